The molecule has 1 aliphatic carbocycles. The lowest BCUT2D eigenvalue weighted by Gasteiger charge is -2.39. The van der Waals surface area contributed by atoms with Crippen LogP contribution in [0.5, 0.6) is 11.5 Å². The van der Waals surface area contributed by atoms with Crippen molar-refractivity contribution in [3.63, 3.8) is 0 Å². The van der Waals surface area contributed by atoms with Gasteiger partial charge in [-0.05, 0) is 63.7 Å². The zero-order chi connectivity index (χ0) is 37.5. The van der Waals surface area contributed by atoms with Gasteiger partial charge >= 0.3 is 0 Å². The molecule has 0 radical (unpaired) electrons. The number of hydrogen-bond acceptors (Lipinski definition) is 4. The van der Waals surface area contributed by atoms with Gasteiger partial charge < -0.3 is 4.74 Å². The molecule has 4 heteroatoms. The molecule has 2 aliphatic rings. The summed E-state index contributed by atoms with van der Waals surface area (Å²) in [7, 11) is 0. The zero-order valence-corrected chi connectivity index (χ0v) is 31.5. The van der Waals surface area contributed by atoms with Crippen molar-refractivity contribution in [3.05, 3.63) is 216 Å². The molecule has 266 valence electrons. The lowest BCUT2D eigenvalue weighted by atomic mass is 9.66. The van der Waals surface area contributed by atoms with Crippen LogP contribution in [0.3, 0.4) is 0 Å². The molecule has 10 aromatic rings. The summed E-state index contributed by atoms with van der Waals surface area (Å²) >= 11 is 1.82. The molecule has 0 amide bonds. The van der Waals surface area contributed by atoms with E-state index in [9.17, 15) is 0 Å². The minimum absolute atomic E-state index is 0.507. The van der Waals surface area contributed by atoms with Crippen molar-refractivity contribution >= 4 is 31.5 Å². The SMILES string of the molecule is c1ccc(-c2cc(-c3ccc4c(c3)sc3ccccc34)nc(-c3ccccc3-c3ccc4c(c3)Oc3ccccc3C43c4ccccc4-c4ccccc43)n2)cc1. The second-order valence-electron chi connectivity index (χ2n) is 14.8. The third-order valence-corrected chi connectivity index (χ3v) is 12.9. The molecule has 2 aromatic heterocycles. The quantitative estimate of drug-likeness (QED) is 0.180. The predicted octanol–water partition coefficient (Wildman–Crippen LogP) is 14.0. The molecule has 0 N–H and O–H groups in total. The standard InChI is InChI=1S/C53H32N2OS/c1-2-14-33(15-3-1)46-32-47(35-26-28-40-39-19-8-13-25-50(39)57-51(40)31-35)55-52(54-46)41-20-5-4-16-36(41)34-27-29-45-49(30-34)56-48-24-12-11-23-44(48)53(45)42-21-9-6-17-37(42)38-18-7-10-22-43(38)53/h1-32H. The van der Waals surface area contributed by atoms with E-state index in [1.165, 1.54) is 42.4 Å². The van der Waals surface area contributed by atoms with Crippen molar-refractivity contribution in [2.75, 3.05) is 0 Å². The Labute approximate surface area is 334 Å². The normalized spacial score (nSPS) is 13.2. The van der Waals surface area contributed by atoms with Crippen LogP contribution in [0.15, 0.2) is 194 Å². The molecule has 57 heavy (non-hydrogen) atoms. The predicted molar refractivity (Wildman–Crippen MR) is 234 cm³/mol. The van der Waals surface area contributed by atoms with Gasteiger partial charge in [-0.1, -0.05) is 164 Å². The van der Waals surface area contributed by atoms with Gasteiger partial charge in [0.05, 0.1) is 16.8 Å². The van der Waals surface area contributed by atoms with Crippen molar-refractivity contribution in [1.29, 1.82) is 0 Å². The fourth-order valence-electron chi connectivity index (χ4n) is 9.32. The molecule has 0 saturated carbocycles. The molecule has 0 unspecified atom stereocenters. The number of fused-ring (bicyclic) bond motifs is 12. The largest absolute Gasteiger partial charge is 0.457 e. The molecule has 3 nitrogen and oxygen atoms in total. The van der Waals surface area contributed by atoms with Crippen molar-refractivity contribution in [1.82, 2.24) is 9.97 Å². The van der Waals surface area contributed by atoms with Crippen molar-refractivity contribution in [3.8, 4) is 67.7 Å². The van der Waals surface area contributed by atoms with Crippen LogP contribution in [0.2, 0.25) is 0 Å². The first-order valence-corrected chi connectivity index (χ1v) is 20.1. The van der Waals surface area contributed by atoms with Gasteiger partial charge in [-0.25, -0.2) is 9.97 Å². The van der Waals surface area contributed by atoms with E-state index in [0.717, 1.165) is 61.8 Å². The number of nitrogens with zero attached hydrogens (tertiary/aromatic N) is 2. The maximum atomic E-state index is 6.88. The summed E-state index contributed by atoms with van der Waals surface area (Å²) in [6.45, 7) is 0. The van der Waals surface area contributed by atoms with Gasteiger partial charge in [0.15, 0.2) is 5.82 Å². The van der Waals surface area contributed by atoms with E-state index in [2.05, 4.69) is 188 Å². The summed E-state index contributed by atoms with van der Waals surface area (Å²) in [5.41, 5.74) is 13.8. The van der Waals surface area contributed by atoms with Gasteiger partial charge in [0.25, 0.3) is 0 Å². The molecular weight excluding hydrogens is 713 g/mol. The summed E-state index contributed by atoms with van der Waals surface area (Å²) in [5.74, 6) is 2.40. The van der Waals surface area contributed by atoms with E-state index in [1.807, 2.05) is 17.4 Å². The summed E-state index contributed by atoms with van der Waals surface area (Å²) in [6.07, 6.45) is 0. The number of aromatic nitrogens is 2. The van der Waals surface area contributed by atoms with Gasteiger partial charge in [0.1, 0.15) is 11.5 Å². The molecule has 1 aliphatic heterocycles. The first kappa shape index (κ1) is 32.1. The highest BCUT2D eigenvalue weighted by Gasteiger charge is 2.50. The smallest absolute Gasteiger partial charge is 0.161 e. The lowest BCUT2D eigenvalue weighted by molar-refractivity contribution is 0.436. The molecule has 12 rings (SSSR count). The van der Waals surface area contributed by atoms with Gasteiger partial charge in [-0.2, -0.15) is 0 Å². The monoisotopic (exact) mass is 744 g/mol. The third-order valence-electron chi connectivity index (χ3n) is 11.8. The number of hydrogen-bond donors (Lipinski definition) is 0. The lowest BCUT2D eigenvalue weighted by Crippen LogP contribution is -2.32. The van der Waals surface area contributed by atoms with Crippen molar-refractivity contribution < 1.29 is 4.74 Å². The highest BCUT2D eigenvalue weighted by Crippen LogP contribution is 2.62. The second-order valence-corrected chi connectivity index (χ2v) is 15.9. The van der Waals surface area contributed by atoms with Crippen LogP contribution in [0.1, 0.15) is 22.3 Å². The Morgan fingerprint density at radius 1 is 0.368 bits per heavy atom. The van der Waals surface area contributed by atoms with Crippen LogP contribution in [-0.4, -0.2) is 9.97 Å². The Bertz CT molecular complexity index is 3190. The van der Waals surface area contributed by atoms with Crippen LogP contribution in [0, 0.1) is 0 Å². The Balaban J connectivity index is 1.04. The van der Waals surface area contributed by atoms with Crippen molar-refractivity contribution in [2.45, 2.75) is 5.41 Å². The number of rotatable bonds is 4. The van der Waals surface area contributed by atoms with Crippen LogP contribution in [0.4, 0.5) is 0 Å². The molecule has 0 bridgehead atoms. The van der Waals surface area contributed by atoms with E-state index in [1.54, 1.807) is 0 Å². The molecule has 1 spiro atoms. The fraction of sp³-hybridized carbons (Fsp3) is 0.0189. The van der Waals surface area contributed by atoms with Gasteiger partial charge in [0, 0.05) is 48.0 Å². The Hall–Kier alpha value is -7.14. The van der Waals surface area contributed by atoms with Crippen LogP contribution >= 0.6 is 11.3 Å². The zero-order valence-electron chi connectivity index (χ0n) is 30.7. The Kier molecular flexibility index (Phi) is 7.01. The molecular formula is C53H32N2OS. The van der Waals surface area contributed by atoms with E-state index in [-0.39, 0.29) is 0 Å². The first-order chi connectivity index (χ1) is 28.2. The third kappa shape index (κ3) is 4.78. The van der Waals surface area contributed by atoms with Crippen molar-refractivity contribution in [2.24, 2.45) is 0 Å². The van der Waals surface area contributed by atoms with Crippen LogP contribution in [-0.2, 0) is 5.41 Å². The van der Waals surface area contributed by atoms with E-state index < -0.39 is 5.41 Å². The van der Waals surface area contributed by atoms with Gasteiger partial charge in [0.2, 0.25) is 0 Å². The van der Waals surface area contributed by atoms with Crippen LogP contribution < -0.4 is 4.74 Å². The highest BCUT2D eigenvalue weighted by molar-refractivity contribution is 7.25. The number of thiophene rings is 1. The minimum Gasteiger partial charge on any atom is -0.457 e. The summed E-state index contributed by atoms with van der Waals surface area (Å²) in [6, 6.07) is 69.3. The number of para-hydroxylation sites is 1. The van der Waals surface area contributed by atoms with E-state index >= 15 is 0 Å². The van der Waals surface area contributed by atoms with Gasteiger partial charge in [-0.3, -0.25) is 0 Å². The van der Waals surface area contributed by atoms with Gasteiger partial charge in [-0.15, -0.1) is 11.3 Å². The molecule has 0 saturated heterocycles. The maximum Gasteiger partial charge on any atom is 0.161 e. The Morgan fingerprint density at radius 2 is 0.947 bits per heavy atom. The Morgan fingerprint density at radius 3 is 1.74 bits per heavy atom. The summed E-state index contributed by atoms with van der Waals surface area (Å²) in [4.78, 5) is 10.6. The molecule has 8 aromatic carbocycles. The number of ether oxygens (including phenoxy) is 1. The summed E-state index contributed by atoms with van der Waals surface area (Å²) in [5, 5.41) is 2.56. The highest BCUT2D eigenvalue weighted by atomic mass is 32.1. The molecule has 0 fully saturated rings. The topological polar surface area (TPSA) is 35.0 Å². The maximum absolute atomic E-state index is 6.88. The second kappa shape index (κ2) is 12.4. The fourth-order valence-corrected chi connectivity index (χ4v) is 10.5. The van der Waals surface area contributed by atoms with E-state index in [4.69, 9.17) is 14.7 Å². The van der Waals surface area contributed by atoms with Crippen LogP contribution in [0.25, 0.3) is 76.3 Å². The molecule has 3 heterocycles. The number of benzene rings is 8. The molecule has 0 atom stereocenters. The summed E-state index contributed by atoms with van der Waals surface area (Å²) < 4.78 is 9.42. The average Bonchev–Trinajstić information content (AvgIpc) is 3.80. The van der Waals surface area contributed by atoms with E-state index in [0.29, 0.717) is 5.82 Å². The average molecular weight is 745 g/mol. The minimum atomic E-state index is -0.507. The first-order valence-electron chi connectivity index (χ1n) is 19.3.